The summed E-state index contributed by atoms with van der Waals surface area (Å²) >= 11 is 0. The predicted molar refractivity (Wildman–Crippen MR) is 87.4 cm³/mol. The zero-order valence-corrected chi connectivity index (χ0v) is 14.7. The Morgan fingerprint density at radius 3 is 2.27 bits per heavy atom. The Labute approximate surface area is 134 Å². The molecule has 3 atom stereocenters. The molecule has 0 aliphatic carbocycles. The number of carbonyl (C=O) groups is 2. The van der Waals surface area contributed by atoms with Crippen LogP contribution in [0.1, 0.15) is 53.9 Å². The number of carbonyl (C=O) groups excluding carboxylic acids is 2. The van der Waals surface area contributed by atoms with E-state index in [2.05, 4.69) is 17.1 Å². The van der Waals surface area contributed by atoms with Crippen LogP contribution in [-0.4, -0.2) is 59.4 Å². The second-order valence-corrected chi connectivity index (χ2v) is 7.82. The fourth-order valence-corrected chi connectivity index (χ4v) is 3.52. The maximum Gasteiger partial charge on any atom is 0.245 e. The first-order valence-corrected chi connectivity index (χ1v) is 8.57. The van der Waals surface area contributed by atoms with Crippen molar-refractivity contribution >= 4 is 11.8 Å². The molecule has 3 unspecified atom stereocenters. The summed E-state index contributed by atoms with van der Waals surface area (Å²) in [7, 11) is 0. The van der Waals surface area contributed by atoms with Crippen molar-refractivity contribution in [2.45, 2.75) is 72.0 Å². The fraction of sp³-hybridized carbons (Fsp3) is 0.882. The Morgan fingerprint density at radius 1 is 1.14 bits per heavy atom. The van der Waals surface area contributed by atoms with Gasteiger partial charge in [0.25, 0.3) is 0 Å². The highest BCUT2D eigenvalue weighted by molar-refractivity contribution is 5.89. The molecular weight excluding hydrogens is 278 g/mol. The molecule has 2 heterocycles. The van der Waals surface area contributed by atoms with Gasteiger partial charge in [-0.15, -0.1) is 0 Å². The number of hydrogen-bond donors (Lipinski definition) is 1. The van der Waals surface area contributed by atoms with Crippen LogP contribution in [0.4, 0.5) is 0 Å². The summed E-state index contributed by atoms with van der Waals surface area (Å²) in [4.78, 5) is 29.2. The van der Waals surface area contributed by atoms with Gasteiger partial charge in [-0.2, -0.15) is 0 Å². The van der Waals surface area contributed by atoms with Crippen LogP contribution in [0, 0.1) is 5.41 Å². The van der Waals surface area contributed by atoms with Crippen LogP contribution >= 0.6 is 0 Å². The zero-order valence-electron chi connectivity index (χ0n) is 14.7. The van der Waals surface area contributed by atoms with Crippen LogP contribution in [0.2, 0.25) is 0 Å². The molecule has 2 rings (SSSR count). The van der Waals surface area contributed by atoms with E-state index in [-0.39, 0.29) is 17.9 Å². The Balaban J connectivity index is 1.93. The molecule has 0 spiro atoms. The second-order valence-electron chi connectivity index (χ2n) is 7.82. The minimum atomic E-state index is -0.469. The molecule has 0 aromatic carbocycles. The minimum Gasteiger partial charge on any atom is -0.344 e. The van der Waals surface area contributed by atoms with E-state index in [0.717, 1.165) is 26.1 Å². The van der Waals surface area contributed by atoms with Gasteiger partial charge in [-0.05, 0) is 46.2 Å². The van der Waals surface area contributed by atoms with Crippen LogP contribution in [0.5, 0.6) is 0 Å². The molecule has 126 valence electrons. The largest absolute Gasteiger partial charge is 0.344 e. The van der Waals surface area contributed by atoms with Crippen molar-refractivity contribution < 1.29 is 9.59 Å². The summed E-state index contributed by atoms with van der Waals surface area (Å²) in [6, 6.07) is 0.267. The third kappa shape index (κ3) is 3.62. The number of likely N-dealkylation sites (tertiary alicyclic amines) is 2. The lowest BCUT2D eigenvalue weighted by atomic mass is 9.95. The first-order valence-electron chi connectivity index (χ1n) is 8.57. The standard InChI is InChI=1S/C17H31N3O2/c1-12(18-16(22)17(3,4)5)15(21)20-11-8-14(13(20)2)19-9-6-7-10-19/h12-14H,6-11H2,1-5H3,(H,18,22). The summed E-state index contributed by atoms with van der Waals surface area (Å²) < 4.78 is 0. The van der Waals surface area contributed by atoms with E-state index in [1.54, 1.807) is 6.92 Å². The number of hydrogen-bond acceptors (Lipinski definition) is 3. The summed E-state index contributed by atoms with van der Waals surface area (Å²) in [5, 5.41) is 2.86. The highest BCUT2D eigenvalue weighted by Gasteiger charge is 2.39. The highest BCUT2D eigenvalue weighted by Crippen LogP contribution is 2.26. The van der Waals surface area contributed by atoms with Crippen LogP contribution in [0.3, 0.4) is 0 Å². The number of nitrogens with zero attached hydrogens (tertiary/aromatic N) is 2. The first kappa shape index (κ1) is 17.3. The van der Waals surface area contributed by atoms with E-state index in [1.807, 2.05) is 25.7 Å². The molecule has 2 saturated heterocycles. The van der Waals surface area contributed by atoms with Crippen molar-refractivity contribution in [3.05, 3.63) is 0 Å². The number of rotatable bonds is 3. The van der Waals surface area contributed by atoms with Crippen LogP contribution in [0.25, 0.3) is 0 Å². The molecule has 1 N–H and O–H groups in total. The summed E-state index contributed by atoms with van der Waals surface area (Å²) in [6.45, 7) is 12.6. The quantitative estimate of drug-likeness (QED) is 0.862. The van der Waals surface area contributed by atoms with Gasteiger partial charge >= 0.3 is 0 Å². The average Bonchev–Trinajstić information content (AvgIpc) is 3.05. The minimum absolute atomic E-state index is 0.0480. The molecule has 0 aromatic heterocycles. The van der Waals surface area contributed by atoms with Crippen molar-refractivity contribution in [3.8, 4) is 0 Å². The monoisotopic (exact) mass is 309 g/mol. The van der Waals surface area contributed by atoms with Gasteiger partial charge in [0.2, 0.25) is 11.8 Å². The fourth-order valence-electron chi connectivity index (χ4n) is 3.52. The van der Waals surface area contributed by atoms with Crippen LogP contribution in [0.15, 0.2) is 0 Å². The van der Waals surface area contributed by atoms with E-state index in [4.69, 9.17) is 0 Å². The van der Waals surface area contributed by atoms with Gasteiger partial charge in [0, 0.05) is 24.0 Å². The molecule has 2 aliphatic rings. The summed E-state index contributed by atoms with van der Waals surface area (Å²) in [6.07, 6.45) is 3.59. The van der Waals surface area contributed by atoms with Crippen molar-refractivity contribution in [1.82, 2.24) is 15.1 Å². The molecule has 5 nitrogen and oxygen atoms in total. The molecule has 5 heteroatoms. The third-order valence-corrected chi connectivity index (χ3v) is 5.01. The van der Waals surface area contributed by atoms with Gasteiger partial charge in [-0.1, -0.05) is 20.8 Å². The molecule has 2 amide bonds. The van der Waals surface area contributed by atoms with E-state index in [9.17, 15) is 9.59 Å². The number of nitrogens with one attached hydrogen (secondary N) is 1. The third-order valence-electron chi connectivity index (χ3n) is 5.01. The summed E-state index contributed by atoms with van der Waals surface area (Å²) in [5.74, 6) is -0.0249. The van der Waals surface area contributed by atoms with Crippen molar-refractivity contribution in [2.24, 2.45) is 5.41 Å². The van der Waals surface area contributed by atoms with Crippen molar-refractivity contribution in [1.29, 1.82) is 0 Å². The predicted octanol–water partition coefficient (Wildman–Crippen LogP) is 1.62. The Bertz CT molecular complexity index is 424. The second kappa shape index (κ2) is 6.57. The Kier molecular flexibility index (Phi) is 5.15. The Morgan fingerprint density at radius 2 is 1.73 bits per heavy atom. The van der Waals surface area contributed by atoms with E-state index in [0.29, 0.717) is 6.04 Å². The first-order chi connectivity index (χ1) is 10.2. The lowest BCUT2D eigenvalue weighted by Crippen LogP contribution is -2.52. The topological polar surface area (TPSA) is 52.7 Å². The lowest BCUT2D eigenvalue weighted by Gasteiger charge is -2.32. The van der Waals surface area contributed by atoms with Gasteiger partial charge in [0.1, 0.15) is 6.04 Å². The summed E-state index contributed by atoms with van der Waals surface area (Å²) in [5.41, 5.74) is -0.469. The van der Waals surface area contributed by atoms with Gasteiger partial charge in [0.05, 0.1) is 0 Å². The molecule has 0 aromatic rings. The molecular formula is C17H31N3O2. The van der Waals surface area contributed by atoms with E-state index >= 15 is 0 Å². The van der Waals surface area contributed by atoms with Gasteiger partial charge in [0.15, 0.2) is 0 Å². The molecule has 2 fully saturated rings. The van der Waals surface area contributed by atoms with Crippen LogP contribution in [-0.2, 0) is 9.59 Å². The maximum absolute atomic E-state index is 12.7. The van der Waals surface area contributed by atoms with Crippen molar-refractivity contribution in [3.63, 3.8) is 0 Å². The smallest absolute Gasteiger partial charge is 0.245 e. The molecule has 0 saturated carbocycles. The highest BCUT2D eigenvalue weighted by atomic mass is 16.2. The zero-order chi connectivity index (χ0) is 16.5. The lowest BCUT2D eigenvalue weighted by molar-refractivity contribution is -0.138. The number of amides is 2. The van der Waals surface area contributed by atoms with E-state index < -0.39 is 11.5 Å². The molecule has 0 radical (unpaired) electrons. The normalized spacial score (nSPS) is 28.0. The van der Waals surface area contributed by atoms with Gasteiger partial charge in [-0.3, -0.25) is 14.5 Å². The van der Waals surface area contributed by atoms with Crippen molar-refractivity contribution in [2.75, 3.05) is 19.6 Å². The Hall–Kier alpha value is -1.10. The van der Waals surface area contributed by atoms with E-state index in [1.165, 1.54) is 12.8 Å². The van der Waals surface area contributed by atoms with Crippen LogP contribution < -0.4 is 5.32 Å². The average molecular weight is 309 g/mol. The van der Waals surface area contributed by atoms with Gasteiger partial charge < -0.3 is 10.2 Å². The molecule has 22 heavy (non-hydrogen) atoms. The SMILES string of the molecule is CC(NC(=O)C(C)(C)C)C(=O)N1CCC(N2CCCC2)C1C. The molecule has 2 aliphatic heterocycles. The maximum atomic E-state index is 12.7. The molecule has 0 bridgehead atoms. The van der Waals surface area contributed by atoms with Gasteiger partial charge in [-0.25, -0.2) is 0 Å².